The summed E-state index contributed by atoms with van der Waals surface area (Å²) in [7, 11) is 0. The first-order valence-corrected chi connectivity index (χ1v) is 5.72. The summed E-state index contributed by atoms with van der Waals surface area (Å²) in [6, 6.07) is 7.86. The molecular formula is C12H12ClN3O. The average Bonchev–Trinajstić information content (AvgIpc) is 2.71. The zero-order valence-electron chi connectivity index (χ0n) is 9.64. The standard InChI is InChI=1S/C12H12ClN3O/c1-3-9-4-6-10(7-5-9)16-14-8(2)11(15-16)12(13)17/h4-7H,3H2,1-2H3. The van der Waals surface area contributed by atoms with Crippen LogP contribution in [0.25, 0.3) is 5.69 Å². The minimum Gasteiger partial charge on any atom is -0.274 e. The van der Waals surface area contributed by atoms with Crippen molar-refractivity contribution in [3.63, 3.8) is 0 Å². The van der Waals surface area contributed by atoms with Gasteiger partial charge in [-0.3, -0.25) is 4.79 Å². The maximum atomic E-state index is 11.1. The fourth-order valence-electron chi connectivity index (χ4n) is 1.54. The van der Waals surface area contributed by atoms with E-state index < -0.39 is 5.24 Å². The first kappa shape index (κ1) is 11.8. The molecule has 5 heteroatoms. The summed E-state index contributed by atoms with van der Waals surface area (Å²) < 4.78 is 0. The molecule has 2 rings (SSSR count). The highest BCUT2D eigenvalue weighted by Crippen LogP contribution is 2.11. The van der Waals surface area contributed by atoms with E-state index in [1.807, 2.05) is 24.3 Å². The number of carbonyl (C=O) groups is 1. The van der Waals surface area contributed by atoms with Crippen LogP contribution >= 0.6 is 11.6 Å². The second-order valence-corrected chi connectivity index (χ2v) is 4.06. The highest BCUT2D eigenvalue weighted by Gasteiger charge is 2.13. The summed E-state index contributed by atoms with van der Waals surface area (Å²) in [6.07, 6.45) is 0.983. The number of aryl methyl sites for hydroxylation is 2. The second kappa shape index (κ2) is 4.67. The Kier molecular flexibility index (Phi) is 3.24. The minimum absolute atomic E-state index is 0.200. The fourth-order valence-corrected chi connectivity index (χ4v) is 1.72. The van der Waals surface area contributed by atoms with Crippen molar-refractivity contribution in [3.05, 3.63) is 41.2 Å². The van der Waals surface area contributed by atoms with Gasteiger partial charge in [-0.2, -0.15) is 9.90 Å². The Hall–Kier alpha value is -1.68. The molecule has 0 aliphatic heterocycles. The molecule has 0 aliphatic rings. The van der Waals surface area contributed by atoms with Gasteiger partial charge in [-0.25, -0.2) is 0 Å². The molecule has 0 spiro atoms. The Labute approximate surface area is 104 Å². The summed E-state index contributed by atoms with van der Waals surface area (Å²) in [4.78, 5) is 12.5. The van der Waals surface area contributed by atoms with E-state index in [2.05, 4.69) is 17.1 Å². The fraction of sp³-hybridized carbons (Fsp3) is 0.250. The van der Waals surface area contributed by atoms with Gasteiger partial charge in [0.25, 0.3) is 5.24 Å². The van der Waals surface area contributed by atoms with Gasteiger partial charge in [0.1, 0.15) is 0 Å². The molecule has 0 N–H and O–H groups in total. The molecule has 0 radical (unpaired) electrons. The van der Waals surface area contributed by atoms with Crippen LogP contribution in [0.5, 0.6) is 0 Å². The predicted molar refractivity (Wildman–Crippen MR) is 65.7 cm³/mol. The van der Waals surface area contributed by atoms with Crippen LogP contribution in [-0.4, -0.2) is 20.2 Å². The number of hydrogen-bond donors (Lipinski definition) is 0. The molecule has 0 bridgehead atoms. The number of benzene rings is 1. The third-order valence-corrected chi connectivity index (χ3v) is 2.72. The van der Waals surface area contributed by atoms with Gasteiger partial charge in [0.2, 0.25) is 0 Å². The monoisotopic (exact) mass is 249 g/mol. The molecule has 4 nitrogen and oxygen atoms in total. The molecule has 0 aliphatic carbocycles. The maximum absolute atomic E-state index is 11.1. The highest BCUT2D eigenvalue weighted by atomic mass is 35.5. The first-order valence-electron chi connectivity index (χ1n) is 5.35. The quantitative estimate of drug-likeness (QED) is 0.786. The van der Waals surface area contributed by atoms with Crippen molar-refractivity contribution in [1.82, 2.24) is 15.0 Å². The van der Waals surface area contributed by atoms with Crippen molar-refractivity contribution >= 4 is 16.8 Å². The van der Waals surface area contributed by atoms with Crippen LogP contribution in [0.15, 0.2) is 24.3 Å². The van der Waals surface area contributed by atoms with Gasteiger partial charge in [0.15, 0.2) is 5.69 Å². The number of nitrogens with zero attached hydrogens (tertiary/aromatic N) is 3. The summed E-state index contributed by atoms with van der Waals surface area (Å²) in [5, 5.41) is 7.63. The largest absolute Gasteiger partial charge is 0.274 e. The Morgan fingerprint density at radius 1 is 1.29 bits per heavy atom. The summed E-state index contributed by atoms with van der Waals surface area (Å²) >= 11 is 5.40. The maximum Gasteiger partial charge on any atom is 0.274 e. The van der Waals surface area contributed by atoms with Crippen LogP contribution in [-0.2, 0) is 6.42 Å². The van der Waals surface area contributed by atoms with Crippen molar-refractivity contribution in [2.75, 3.05) is 0 Å². The molecule has 0 fully saturated rings. The minimum atomic E-state index is -0.584. The van der Waals surface area contributed by atoms with Crippen LogP contribution in [0, 0.1) is 6.92 Å². The highest BCUT2D eigenvalue weighted by molar-refractivity contribution is 6.67. The van der Waals surface area contributed by atoms with E-state index in [4.69, 9.17) is 11.6 Å². The lowest BCUT2D eigenvalue weighted by Gasteiger charge is -2.00. The van der Waals surface area contributed by atoms with E-state index in [0.29, 0.717) is 5.69 Å². The van der Waals surface area contributed by atoms with E-state index in [-0.39, 0.29) is 5.69 Å². The van der Waals surface area contributed by atoms with E-state index in [1.165, 1.54) is 10.4 Å². The molecular weight excluding hydrogens is 238 g/mol. The van der Waals surface area contributed by atoms with Gasteiger partial charge in [-0.15, -0.1) is 5.10 Å². The van der Waals surface area contributed by atoms with Crippen LogP contribution in [0.2, 0.25) is 0 Å². The normalized spacial score (nSPS) is 10.5. The molecule has 0 atom stereocenters. The molecule has 1 heterocycles. The SMILES string of the molecule is CCc1ccc(-n2nc(C)c(C(=O)Cl)n2)cc1. The summed E-state index contributed by atoms with van der Waals surface area (Å²) in [5.41, 5.74) is 2.79. The zero-order valence-corrected chi connectivity index (χ0v) is 10.4. The molecule has 1 aromatic carbocycles. The Balaban J connectivity index is 2.39. The number of halogens is 1. The number of hydrogen-bond acceptors (Lipinski definition) is 3. The number of carbonyl (C=O) groups excluding carboxylic acids is 1. The van der Waals surface area contributed by atoms with E-state index in [0.717, 1.165) is 12.1 Å². The zero-order chi connectivity index (χ0) is 12.4. The van der Waals surface area contributed by atoms with Gasteiger partial charge in [-0.05, 0) is 42.6 Å². The molecule has 0 amide bonds. The Bertz CT molecular complexity index is 545. The molecule has 88 valence electrons. The summed E-state index contributed by atoms with van der Waals surface area (Å²) in [5.74, 6) is 0. The van der Waals surface area contributed by atoms with Gasteiger partial charge >= 0.3 is 0 Å². The lowest BCUT2D eigenvalue weighted by Crippen LogP contribution is -2.00. The van der Waals surface area contributed by atoms with Crippen molar-refractivity contribution in [2.45, 2.75) is 20.3 Å². The van der Waals surface area contributed by atoms with Crippen molar-refractivity contribution in [3.8, 4) is 5.69 Å². The lowest BCUT2D eigenvalue weighted by atomic mass is 10.2. The average molecular weight is 250 g/mol. The molecule has 17 heavy (non-hydrogen) atoms. The second-order valence-electron chi connectivity index (χ2n) is 3.72. The molecule has 1 aromatic heterocycles. The first-order chi connectivity index (χ1) is 8.11. The lowest BCUT2D eigenvalue weighted by molar-refractivity contribution is 0.107. The van der Waals surface area contributed by atoms with Gasteiger partial charge in [0, 0.05) is 0 Å². The van der Waals surface area contributed by atoms with Crippen LogP contribution in [0.3, 0.4) is 0 Å². The number of aromatic nitrogens is 3. The third kappa shape index (κ3) is 2.36. The molecule has 2 aromatic rings. The van der Waals surface area contributed by atoms with Crippen molar-refractivity contribution < 1.29 is 4.79 Å². The molecule has 0 saturated heterocycles. The van der Waals surface area contributed by atoms with Crippen LogP contribution in [0.1, 0.15) is 28.7 Å². The van der Waals surface area contributed by atoms with E-state index in [1.54, 1.807) is 6.92 Å². The molecule has 0 saturated carbocycles. The van der Waals surface area contributed by atoms with Crippen molar-refractivity contribution in [2.24, 2.45) is 0 Å². The Morgan fingerprint density at radius 2 is 1.94 bits per heavy atom. The van der Waals surface area contributed by atoms with Crippen LogP contribution in [0.4, 0.5) is 0 Å². The van der Waals surface area contributed by atoms with E-state index >= 15 is 0 Å². The van der Waals surface area contributed by atoms with E-state index in [9.17, 15) is 4.79 Å². The summed E-state index contributed by atoms with van der Waals surface area (Å²) in [6.45, 7) is 3.80. The van der Waals surface area contributed by atoms with Gasteiger partial charge < -0.3 is 0 Å². The van der Waals surface area contributed by atoms with Gasteiger partial charge in [-0.1, -0.05) is 19.1 Å². The number of rotatable bonds is 3. The van der Waals surface area contributed by atoms with Gasteiger partial charge in [0.05, 0.1) is 11.4 Å². The Morgan fingerprint density at radius 3 is 2.41 bits per heavy atom. The van der Waals surface area contributed by atoms with Crippen molar-refractivity contribution in [1.29, 1.82) is 0 Å². The topological polar surface area (TPSA) is 47.8 Å². The smallest absolute Gasteiger partial charge is 0.274 e. The van der Waals surface area contributed by atoms with Crippen LogP contribution < -0.4 is 0 Å². The predicted octanol–water partition coefficient (Wildman–Crippen LogP) is 2.52. The third-order valence-electron chi connectivity index (χ3n) is 2.54. The molecule has 0 unspecified atom stereocenters.